The highest BCUT2D eigenvalue weighted by atomic mass is 19.1. The maximum Gasteiger partial charge on any atom is 0.140 e. The second kappa shape index (κ2) is 8.80. The van der Waals surface area contributed by atoms with Gasteiger partial charge in [-0.3, -0.25) is 4.90 Å². The summed E-state index contributed by atoms with van der Waals surface area (Å²) < 4.78 is 16.2. The van der Waals surface area contributed by atoms with Crippen molar-refractivity contribution in [3.05, 3.63) is 78.1 Å². The van der Waals surface area contributed by atoms with E-state index in [4.69, 9.17) is 0 Å². The molecule has 3 aromatic rings. The third-order valence-electron chi connectivity index (χ3n) is 6.04. The van der Waals surface area contributed by atoms with Gasteiger partial charge in [0.05, 0.1) is 0 Å². The molecule has 1 aromatic carbocycles. The summed E-state index contributed by atoms with van der Waals surface area (Å²) in [6.07, 6.45) is 8.18. The Balaban J connectivity index is 1.54. The average Bonchev–Trinajstić information content (AvgIpc) is 3.16. The molecule has 0 unspecified atom stereocenters. The standard InChI is InChI=1S/C27H32FN3/c1-5-20(2)22-8-6-21(7-9-22)18-31-17-13-25-24(10-14-29-26(25)31)23-11-15-30(16-12-23)19-27(3,4)28/h6-11,13-14,17H,2,5,12,15-16,18-19H2,1,3-4H3. The number of alkyl halides is 1. The third kappa shape index (κ3) is 4.96. The number of pyridine rings is 1. The zero-order valence-electron chi connectivity index (χ0n) is 18.9. The van der Waals surface area contributed by atoms with Crippen LogP contribution in [0.15, 0.2) is 61.4 Å². The van der Waals surface area contributed by atoms with Gasteiger partial charge in [-0.2, -0.15) is 0 Å². The number of aromatic nitrogens is 2. The van der Waals surface area contributed by atoms with Crippen molar-refractivity contribution in [3.8, 4) is 0 Å². The summed E-state index contributed by atoms with van der Waals surface area (Å²) in [5.41, 5.74) is 6.05. The second-order valence-corrected chi connectivity index (χ2v) is 9.13. The summed E-state index contributed by atoms with van der Waals surface area (Å²) in [6.45, 7) is 12.5. The largest absolute Gasteiger partial charge is 0.328 e. The van der Waals surface area contributed by atoms with Crippen LogP contribution in [0.25, 0.3) is 22.2 Å². The molecule has 3 nitrogen and oxygen atoms in total. The normalized spacial score (nSPS) is 15.3. The van der Waals surface area contributed by atoms with Crippen molar-refractivity contribution >= 4 is 22.2 Å². The topological polar surface area (TPSA) is 21.1 Å². The maximum atomic E-state index is 14.0. The molecule has 31 heavy (non-hydrogen) atoms. The Kier molecular flexibility index (Phi) is 6.10. The van der Waals surface area contributed by atoms with Crippen LogP contribution < -0.4 is 0 Å². The van der Waals surface area contributed by atoms with Crippen molar-refractivity contribution in [1.29, 1.82) is 0 Å². The van der Waals surface area contributed by atoms with Crippen LogP contribution in [-0.4, -0.2) is 39.8 Å². The Morgan fingerprint density at radius 1 is 1.16 bits per heavy atom. The highest BCUT2D eigenvalue weighted by Crippen LogP contribution is 2.30. The molecule has 0 atom stereocenters. The van der Waals surface area contributed by atoms with Gasteiger partial charge in [-0.15, -0.1) is 0 Å². The van der Waals surface area contributed by atoms with Gasteiger partial charge >= 0.3 is 0 Å². The number of hydrogen-bond donors (Lipinski definition) is 0. The number of rotatable bonds is 7. The zero-order chi connectivity index (χ0) is 22.0. The molecular formula is C27H32FN3. The Morgan fingerprint density at radius 2 is 1.94 bits per heavy atom. The highest BCUT2D eigenvalue weighted by molar-refractivity contribution is 5.90. The van der Waals surface area contributed by atoms with Crippen LogP contribution >= 0.6 is 0 Å². The molecule has 1 aliphatic heterocycles. The molecule has 0 fully saturated rings. The first-order chi connectivity index (χ1) is 14.8. The van der Waals surface area contributed by atoms with Crippen LogP contribution in [0.4, 0.5) is 4.39 Å². The summed E-state index contributed by atoms with van der Waals surface area (Å²) in [5.74, 6) is 0. The third-order valence-corrected chi connectivity index (χ3v) is 6.04. The fourth-order valence-corrected chi connectivity index (χ4v) is 4.38. The minimum atomic E-state index is -1.16. The molecule has 0 radical (unpaired) electrons. The lowest BCUT2D eigenvalue weighted by atomic mass is 9.97. The van der Waals surface area contributed by atoms with Crippen molar-refractivity contribution in [1.82, 2.24) is 14.5 Å². The molecule has 162 valence electrons. The van der Waals surface area contributed by atoms with Gasteiger partial charge in [-0.25, -0.2) is 9.37 Å². The maximum absolute atomic E-state index is 14.0. The minimum absolute atomic E-state index is 0.476. The van der Waals surface area contributed by atoms with E-state index < -0.39 is 5.67 Å². The second-order valence-electron chi connectivity index (χ2n) is 9.13. The van der Waals surface area contributed by atoms with E-state index in [1.165, 1.54) is 33.2 Å². The molecule has 0 spiro atoms. The average molecular weight is 418 g/mol. The Hall–Kier alpha value is -2.72. The van der Waals surface area contributed by atoms with Crippen LogP contribution in [0.1, 0.15) is 50.3 Å². The van der Waals surface area contributed by atoms with E-state index in [1.807, 2.05) is 6.20 Å². The number of fused-ring (bicyclic) bond motifs is 1. The first kappa shape index (κ1) is 21.5. The van der Waals surface area contributed by atoms with Crippen LogP contribution in [0.2, 0.25) is 0 Å². The lowest BCUT2D eigenvalue weighted by Gasteiger charge is -2.30. The van der Waals surface area contributed by atoms with Gasteiger partial charge < -0.3 is 4.57 Å². The summed E-state index contributed by atoms with van der Waals surface area (Å²) in [5, 5.41) is 1.18. The van der Waals surface area contributed by atoms with Gasteiger partial charge in [0, 0.05) is 44.0 Å². The smallest absolute Gasteiger partial charge is 0.140 e. The lowest BCUT2D eigenvalue weighted by Crippen LogP contribution is -2.38. The van der Waals surface area contributed by atoms with E-state index in [0.717, 1.165) is 38.1 Å². The van der Waals surface area contributed by atoms with Crippen LogP contribution in [0.5, 0.6) is 0 Å². The SMILES string of the molecule is C=C(CC)c1ccc(Cn2ccc3c(C4=CCN(CC(C)(C)F)CC4)ccnc32)cc1. The monoisotopic (exact) mass is 417 g/mol. The molecule has 4 rings (SSSR count). The zero-order valence-corrected chi connectivity index (χ0v) is 18.9. The molecule has 3 heterocycles. The predicted molar refractivity (Wildman–Crippen MR) is 129 cm³/mol. The molecule has 0 bridgehead atoms. The van der Waals surface area contributed by atoms with Gasteiger partial charge in [0.2, 0.25) is 0 Å². The van der Waals surface area contributed by atoms with Crippen LogP contribution in [-0.2, 0) is 6.54 Å². The van der Waals surface area contributed by atoms with Gasteiger partial charge in [0.15, 0.2) is 0 Å². The van der Waals surface area contributed by atoms with E-state index in [0.29, 0.717) is 6.54 Å². The summed E-state index contributed by atoms with van der Waals surface area (Å²) in [4.78, 5) is 6.86. The molecule has 4 heteroatoms. The Morgan fingerprint density at radius 3 is 2.58 bits per heavy atom. The van der Waals surface area contributed by atoms with E-state index in [9.17, 15) is 4.39 Å². The van der Waals surface area contributed by atoms with E-state index in [2.05, 4.69) is 76.6 Å². The molecule has 1 aliphatic rings. The van der Waals surface area contributed by atoms with E-state index in [1.54, 1.807) is 13.8 Å². The number of allylic oxidation sites excluding steroid dienone is 1. The molecule has 0 saturated heterocycles. The molecule has 0 N–H and O–H groups in total. The minimum Gasteiger partial charge on any atom is -0.328 e. The summed E-state index contributed by atoms with van der Waals surface area (Å²) >= 11 is 0. The van der Waals surface area contributed by atoms with Crippen molar-refractivity contribution in [2.24, 2.45) is 0 Å². The molecular weight excluding hydrogens is 385 g/mol. The molecule has 2 aromatic heterocycles. The molecule has 0 aliphatic carbocycles. The summed E-state index contributed by atoms with van der Waals surface area (Å²) in [6, 6.07) is 12.9. The van der Waals surface area contributed by atoms with Crippen molar-refractivity contribution in [2.75, 3.05) is 19.6 Å². The van der Waals surface area contributed by atoms with E-state index >= 15 is 0 Å². The Labute approximate surface area is 184 Å². The van der Waals surface area contributed by atoms with E-state index in [-0.39, 0.29) is 0 Å². The number of nitrogens with zero attached hydrogens (tertiary/aromatic N) is 3. The Bertz CT molecular complexity index is 1100. The number of benzene rings is 1. The van der Waals surface area contributed by atoms with Crippen LogP contribution in [0.3, 0.4) is 0 Å². The molecule has 0 amide bonds. The quantitative estimate of drug-likeness (QED) is 0.447. The molecule has 0 saturated carbocycles. The first-order valence-corrected chi connectivity index (χ1v) is 11.2. The van der Waals surface area contributed by atoms with Gasteiger partial charge in [0.1, 0.15) is 11.3 Å². The first-order valence-electron chi connectivity index (χ1n) is 11.2. The van der Waals surface area contributed by atoms with Crippen molar-refractivity contribution in [2.45, 2.75) is 45.8 Å². The fraction of sp³-hybridized carbons (Fsp3) is 0.370. The van der Waals surface area contributed by atoms with Crippen LogP contribution in [0, 0.1) is 0 Å². The number of hydrogen-bond acceptors (Lipinski definition) is 2. The lowest BCUT2D eigenvalue weighted by molar-refractivity contribution is 0.133. The number of halogens is 1. The van der Waals surface area contributed by atoms with Gasteiger partial charge in [0.25, 0.3) is 0 Å². The fourth-order valence-electron chi connectivity index (χ4n) is 4.38. The van der Waals surface area contributed by atoms with Crippen molar-refractivity contribution < 1.29 is 4.39 Å². The summed E-state index contributed by atoms with van der Waals surface area (Å²) in [7, 11) is 0. The van der Waals surface area contributed by atoms with Gasteiger partial charge in [-0.1, -0.05) is 43.8 Å². The highest BCUT2D eigenvalue weighted by Gasteiger charge is 2.23. The predicted octanol–water partition coefficient (Wildman–Crippen LogP) is 6.35. The van der Waals surface area contributed by atoms with Gasteiger partial charge in [-0.05, 0) is 66.7 Å². The van der Waals surface area contributed by atoms with Crippen molar-refractivity contribution in [3.63, 3.8) is 0 Å².